The molecule has 6 nitrogen and oxygen atoms in total. The molecule has 1 fully saturated rings. The fraction of sp³-hybridized carbons (Fsp3) is 0.348. The molecule has 0 bridgehead atoms. The summed E-state index contributed by atoms with van der Waals surface area (Å²) in [5.74, 6) is 1.06. The van der Waals surface area contributed by atoms with Crippen LogP contribution in [-0.2, 0) is 18.3 Å². The second-order valence-corrected chi connectivity index (χ2v) is 7.70. The van der Waals surface area contributed by atoms with Crippen LogP contribution in [0.3, 0.4) is 0 Å². The Hall–Kier alpha value is -3.15. The third-order valence-electron chi connectivity index (χ3n) is 5.54. The van der Waals surface area contributed by atoms with Gasteiger partial charge in [-0.1, -0.05) is 17.7 Å². The van der Waals surface area contributed by atoms with Gasteiger partial charge in [0.15, 0.2) is 0 Å². The Labute approximate surface area is 170 Å². The van der Waals surface area contributed by atoms with Crippen LogP contribution in [0.4, 0.5) is 5.69 Å². The second kappa shape index (κ2) is 8.07. The summed E-state index contributed by atoms with van der Waals surface area (Å²) in [6, 6.07) is 13.3. The lowest BCUT2D eigenvalue weighted by molar-refractivity contribution is -0.133. The number of likely N-dealkylation sites (tertiary alicyclic amines) is 1. The number of piperidine rings is 1. The number of imidazole rings is 1. The Morgan fingerprint density at radius 2 is 2.03 bits per heavy atom. The Morgan fingerprint density at radius 1 is 1.17 bits per heavy atom. The Kier molecular flexibility index (Phi) is 5.34. The van der Waals surface area contributed by atoms with E-state index in [1.807, 2.05) is 61.3 Å². The van der Waals surface area contributed by atoms with Crippen molar-refractivity contribution < 1.29 is 9.59 Å². The standard InChI is InChI=1S/C23H26N4O2/c1-16-6-5-7-17(14-16)23(29)24-18-9-10-20-19(15-18)25-21(26(20)2)11-13-27-12-4-3-8-22(27)28/h5-7,9-10,14-15H,3-4,8,11-13H2,1-2H3,(H,24,29). The van der Waals surface area contributed by atoms with E-state index in [0.29, 0.717) is 18.5 Å². The first-order valence-electron chi connectivity index (χ1n) is 10.1. The van der Waals surface area contributed by atoms with Crippen LogP contribution >= 0.6 is 0 Å². The maximum atomic E-state index is 12.5. The van der Waals surface area contributed by atoms with Crippen molar-refractivity contribution in [2.45, 2.75) is 32.6 Å². The van der Waals surface area contributed by atoms with Gasteiger partial charge in [0.05, 0.1) is 11.0 Å². The maximum Gasteiger partial charge on any atom is 0.255 e. The van der Waals surface area contributed by atoms with Crippen molar-refractivity contribution in [3.05, 3.63) is 59.4 Å². The number of fused-ring (bicyclic) bond motifs is 1. The molecule has 1 aliphatic heterocycles. The molecular weight excluding hydrogens is 364 g/mol. The Morgan fingerprint density at radius 3 is 2.83 bits per heavy atom. The number of rotatable bonds is 5. The van der Waals surface area contributed by atoms with Crippen LogP contribution in [0, 0.1) is 6.92 Å². The zero-order valence-corrected chi connectivity index (χ0v) is 16.9. The van der Waals surface area contributed by atoms with Gasteiger partial charge in [0.25, 0.3) is 5.91 Å². The van der Waals surface area contributed by atoms with E-state index in [-0.39, 0.29) is 11.8 Å². The quantitative estimate of drug-likeness (QED) is 0.722. The third kappa shape index (κ3) is 4.16. The number of anilines is 1. The molecule has 4 rings (SSSR count). The average Bonchev–Trinajstić information content (AvgIpc) is 3.02. The molecule has 3 aromatic rings. The van der Waals surface area contributed by atoms with Crippen LogP contribution < -0.4 is 5.32 Å². The van der Waals surface area contributed by atoms with Crippen molar-refractivity contribution in [2.24, 2.45) is 7.05 Å². The molecule has 2 heterocycles. The number of nitrogens with one attached hydrogen (secondary N) is 1. The molecule has 150 valence electrons. The third-order valence-corrected chi connectivity index (χ3v) is 5.54. The minimum absolute atomic E-state index is 0.132. The van der Waals surface area contributed by atoms with E-state index in [1.165, 1.54) is 0 Å². The fourth-order valence-electron chi connectivity index (χ4n) is 3.87. The molecule has 0 atom stereocenters. The average molecular weight is 390 g/mol. The molecule has 2 aromatic carbocycles. The molecule has 1 aliphatic rings. The number of aromatic nitrogens is 2. The van der Waals surface area contributed by atoms with Gasteiger partial charge in [0.1, 0.15) is 5.82 Å². The van der Waals surface area contributed by atoms with E-state index >= 15 is 0 Å². The highest BCUT2D eigenvalue weighted by Crippen LogP contribution is 2.21. The normalized spacial score (nSPS) is 14.4. The van der Waals surface area contributed by atoms with Crippen LogP contribution in [0.2, 0.25) is 0 Å². The number of hydrogen-bond donors (Lipinski definition) is 1. The minimum Gasteiger partial charge on any atom is -0.342 e. The monoisotopic (exact) mass is 390 g/mol. The van der Waals surface area contributed by atoms with Gasteiger partial charge in [0, 0.05) is 44.2 Å². The minimum atomic E-state index is -0.132. The molecule has 2 amide bonds. The largest absolute Gasteiger partial charge is 0.342 e. The van der Waals surface area contributed by atoms with Crippen LogP contribution in [0.5, 0.6) is 0 Å². The van der Waals surface area contributed by atoms with Crippen molar-refractivity contribution in [3.8, 4) is 0 Å². The van der Waals surface area contributed by atoms with Gasteiger partial charge in [-0.2, -0.15) is 0 Å². The first kappa shape index (κ1) is 19.2. The maximum absolute atomic E-state index is 12.5. The highest BCUT2D eigenvalue weighted by Gasteiger charge is 2.19. The van der Waals surface area contributed by atoms with E-state index in [9.17, 15) is 9.59 Å². The summed E-state index contributed by atoms with van der Waals surface area (Å²) >= 11 is 0. The van der Waals surface area contributed by atoms with Crippen molar-refractivity contribution in [3.63, 3.8) is 0 Å². The predicted molar refractivity (Wildman–Crippen MR) is 114 cm³/mol. The van der Waals surface area contributed by atoms with Crippen molar-refractivity contribution in [2.75, 3.05) is 18.4 Å². The Bertz CT molecular complexity index is 1070. The molecule has 0 aliphatic carbocycles. The number of nitrogens with zero attached hydrogens (tertiary/aromatic N) is 3. The van der Waals surface area contributed by atoms with Gasteiger partial charge in [-0.15, -0.1) is 0 Å². The van der Waals surface area contributed by atoms with Crippen LogP contribution in [0.1, 0.15) is 41.0 Å². The van der Waals surface area contributed by atoms with Crippen LogP contribution in [-0.4, -0.2) is 39.4 Å². The molecule has 6 heteroatoms. The summed E-state index contributed by atoms with van der Waals surface area (Å²) in [7, 11) is 1.99. The fourth-order valence-corrected chi connectivity index (χ4v) is 3.87. The summed E-state index contributed by atoms with van der Waals surface area (Å²) in [4.78, 5) is 31.2. The lowest BCUT2D eigenvalue weighted by atomic mass is 10.1. The number of carbonyl (C=O) groups is 2. The lowest BCUT2D eigenvalue weighted by Crippen LogP contribution is -2.36. The van der Waals surface area contributed by atoms with Crippen molar-refractivity contribution in [1.29, 1.82) is 0 Å². The molecule has 0 unspecified atom stereocenters. The molecule has 29 heavy (non-hydrogen) atoms. The van der Waals surface area contributed by atoms with Crippen molar-refractivity contribution in [1.82, 2.24) is 14.5 Å². The Balaban J connectivity index is 1.49. The van der Waals surface area contributed by atoms with E-state index < -0.39 is 0 Å². The first-order valence-corrected chi connectivity index (χ1v) is 10.1. The summed E-state index contributed by atoms with van der Waals surface area (Å²) < 4.78 is 2.07. The number of hydrogen-bond acceptors (Lipinski definition) is 3. The topological polar surface area (TPSA) is 67.2 Å². The van der Waals surface area contributed by atoms with E-state index in [2.05, 4.69) is 9.88 Å². The highest BCUT2D eigenvalue weighted by atomic mass is 16.2. The molecule has 1 saturated heterocycles. The molecule has 0 radical (unpaired) electrons. The molecule has 1 aromatic heterocycles. The SMILES string of the molecule is Cc1cccc(C(=O)Nc2ccc3c(c2)nc(CCN2CCCCC2=O)n3C)c1. The molecular formula is C23H26N4O2. The second-order valence-electron chi connectivity index (χ2n) is 7.70. The lowest BCUT2D eigenvalue weighted by Gasteiger charge is -2.26. The molecule has 0 spiro atoms. The van der Waals surface area contributed by atoms with Crippen LogP contribution in [0.25, 0.3) is 11.0 Å². The number of amides is 2. The van der Waals surface area contributed by atoms with Gasteiger partial charge in [-0.3, -0.25) is 9.59 Å². The number of benzene rings is 2. The van der Waals surface area contributed by atoms with Gasteiger partial charge in [-0.25, -0.2) is 4.98 Å². The van der Waals surface area contributed by atoms with Gasteiger partial charge in [0.2, 0.25) is 5.91 Å². The zero-order valence-electron chi connectivity index (χ0n) is 16.9. The van der Waals surface area contributed by atoms with Gasteiger partial charge in [-0.05, 0) is 50.1 Å². The summed E-state index contributed by atoms with van der Waals surface area (Å²) in [6.07, 6.45) is 3.46. The van der Waals surface area contributed by atoms with E-state index in [0.717, 1.165) is 53.9 Å². The zero-order chi connectivity index (χ0) is 20.4. The molecule has 1 N–H and O–H groups in total. The summed E-state index contributed by atoms with van der Waals surface area (Å²) in [6.45, 7) is 3.51. The molecule has 0 saturated carbocycles. The highest BCUT2D eigenvalue weighted by molar-refractivity contribution is 6.05. The van der Waals surface area contributed by atoms with E-state index in [4.69, 9.17) is 4.98 Å². The van der Waals surface area contributed by atoms with Gasteiger partial charge < -0.3 is 14.8 Å². The van der Waals surface area contributed by atoms with Crippen molar-refractivity contribution >= 4 is 28.5 Å². The number of carbonyl (C=O) groups excluding carboxylic acids is 2. The predicted octanol–water partition coefficient (Wildman–Crippen LogP) is 3.69. The summed E-state index contributed by atoms with van der Waals surface area (Å²) in [5, 5.41) is 2.95. The van der Waals surface area contributed by atoms with Gasteiger partial charge >= 0.3 is 0 Å². The van der Waals surface area contributed by atoms with E-state index in [1.54, 1.807) is 0 Å². The number of aryl methyl sites for hydroxylation is 2. The summed E-state index contributed by atoms with van der Waals surface area (Å²) in [5.41, 5.74) is 4.26. The smallest absolute Gasteiger partial charge is 0.255 e. The van der Waals surface area contributed by atoms with Crippen LogP contribution in [0.15, 0.2) is 42.5 Å². The first-order chi connectivity index (χ1) is 14.0.